The summed E-state index contributed by atoms with van der Waals surface area (Å²) in [6.45, 7) is 0. The smallest absolute Gasteiger partial charge is 0.149 e. The lowest BCUT2D eigenvalue weighted by molar-refractivity contribution is 1.09. The van der Waals surface area contributed by atoms with Crippen LogP contribution in [0.25, 0.3) is 11.0 Å². The van der Waals surface area contributed by atoms with E-state index in [9.17, 15) is 0 Å². The number of aromatic nitrogens is 3. The Morgan fingerprint density at radius 1 is 1.58 bits per heavy atom. The third-order valence-electron chi connectivity index (χ3n) is 1.40. The summed E-state index contributed by atoms with van der Waals surface area (Å²) >= 11 is 11.2. The molecule has 6 heteroatoms. The molecule has 0 aliphatic rings. The van der Waals surface area contributed by atoms with Gasteiger partial charge in [0.05, 0.1) is 5.52 Å². The van der Waals surface area contributed by atoms with Crippen LogP contribution in [-0.4, -0.2) is 15.2 Å². The fourth-order valence-electron chi connectivity index (χ4n) is 0.898. The number of rotatable bonds is 0. The Hall–Kier alpha value is 0.120. The van der Waals surface area contributed by atoms with Crippen molar-refractivity contribution < 1.29 is 0 Å². The number of H-pyrrole nitrogens is 1. The van der Waals surface area contributed by atoms with Gasteiger partial charge >= 0.3 is 0 Å². The summed E-state index contributed by atoms with van der Waals surface area (Å²) in [6.07, 6.45) is 0. The zero-order chi connectivity index (χ0) is 8.72. The van der Waals surface area contributed by atoms with E-state index in [-0.39, 0.29) is 0 Å². The van der Waals surface area contributed by atoms with Crippen molar-refractivity contribution in [3.8, 4) is 0 Å². The van der Waals surface area contributed by atoms with Crippen LogP contribution >= 0.6 is 50.1 Å². The molecule has 0 bridgehead atoms. The van der Waals surface area contributed by atoms with E-state index in [2.05, 4.69) is 53.7 Å². The normalized spacial score (nSPS) is 10.9. The SMILES string of the molecule is Clc1cc(Br)c2[nH]nc(I)c2n1. The zero-order valence-corrected chi connectivity index (χ0v) is 10.1. The van der Waals surface area contributed by atoms with Gasteiger partial charge in [0.2, 0.25) is 0 Å². The molecular weight excluding hydrogens is 356 g/mol. The maximum absolute atomic E-state index is 5.77. The molecule has 0 aliphatic heterocycles. The number of hydrogen-bond donors (Lipinski definition) is 1. The number of pyridine rings is 1. The highest BCUT2D eigenvalue weighted by molar-refractivity contribution is 14.1. The van der Waals surface area contributed by atoms with Gasteiger partial charge in [-0.15, -0.1) is 0 Å². The van der Waals surface area contributed by atoms with Crippen molar-refractivity contribution in [3.05, 3.63) is 19.4 Å². The fraction of sp³-hybridized carbons (Fsp3) is 0. The molecule has 0 radical (unpaired) electrons. The number of aromatic amines is 1. The lowest BCUT2D eigenvalue weighted by atomic mass is 10.4. The van der Waals surface area contributed by atoms with E-state index in [4.69, 9.17) is 11.6 Å². The molecule has 0 atom stereocenters. The average Bonchev–Trinajstić information content (AvgIpc) is 2.33. The molecule has 2 aromatic rings. The molecule has 2 aromatic heterocycles. The van der Waals surface area contributed by atoms with E-state index >= 15 is 0 Å². The second kappa shape index (κ2) is 3.12. The Bertz CT molecular complexity index is 442. The van der Waals surface area contributed by atoms with E-state index in [1.807, 2.05) is 0 Å². The van der Waals surface area contributed by atoms with Crippen molar-refractivity contribution in [2.24, 2.45) is 0 Å². The Morgan fingerprint density at radius 3 is 3.08 bits per heavy atom. The molecule has 0 aromatic carbocycles. The highest BCUT2D eigenvalue weighted by Gasteiger charge is 2.08. The maximum atomic E-state index is 5.77. The Labute approximate surface area is 95.2 Å². The summed E-state index contributed by atoms with van der Waals surface area (Å²) < 4.78 is 1.71. The van der Waals surface area contributed by atoms with Crippen molar-refractivity contribution in [3.63, 3.8) is 0 Å². The Kier molecular flexibility index (Phi) is 2.26. The summed E-state index contributed by atoms with van der Waals surface area (Å²) in [5.41, 5.74) is 1.68. The first kappa shape index (κ1) is 8.71. The van der Waals surface area contributed by atoms with Crippen LogP contribution in [0.4, 0.5) is 0 Å². The van der Waals surface area contributed by atoms with Gasteiger partial charge in [-0.05, 0) is 44.6 Å². The first-order chi connectivity index (χ1) is 5.68. The van der Waals surface area contributed by atoms with Crippen LogP contribution in [0.2, 0.25) is 5.15 Å². The van der Waals surface area contributed by atoms with E-state index in [1.165, 1.54) is 0 Å². The van der Waals surface area contributed by atoms with Gasteiger partial charge in [0.1, 0.15) is 14.4 Å². The first-order valence-corrected chi connectivity index (χ1v) is 5.29. The lowest BCUT2D eigenvalue weighted by Crippen LogP contribution is -1.79. The number of halogens is 3. The van der Waals surface area contributed by atoms with Crippen LogP contribution < -0.4 is 0 Å². The van der Waals surface area contributed by atoms with Crippen molar-refractivity contribution in [1.82, 2.24) is 15.2 Å². The molecule has 2 rings (SSSR count). The van der Waals surface area contributed by atoms with Gasteiger partial charge in [-0.2, -0.15) is 5.10 Å². The number of nitrogens with zero attached hydrogens (tertiary/aromatic N) is 2. The van der Waals surface area contributed by atoms with Crippen LogP contribution in [0.15, 0.2) is 10.5 Å². The molecular formula is C6H2BrClIN3. The van der Waals surface area contributed by atoms with Crippen LogP contribution in [0.5, 0.6) is 0 Å². The van der Waals surface area contributed by atoms with Gasteiger partial charge in [0, 0.05) is 4.47 Å². The third-order valence-corrected chi connectivity index (χ3v) is 2.97. The van der Waals surface area contributed by atoms with Crippen LogP contribution in [0.1, 0.15) is 0 Å². The van der Waals surface area contributed by atoms with Gasteiger partial charge in [0.25, 0.3) is 0 Å². The van der Waals surface area contributed by atoms with E-state index in [1.54, 1.807) is 6.07 Å². The molecule has 0 aliphatic carbocycles. The molecule has 0 saturated carbocycles. The summed E-state index contributed by atoms with van der Waals surface area (Å²) in [7, 11) is 0. The summed E-state index contributed by atoms with van der Waals surface area (Å²) in [5, 5.41) is 7.33. The number of nitrogens with one attached hydrogen (secondary N) is 1. The predicted molar refractivity (Wildman–Crippen MR) is 59.3 cm³/mol. The average molecular weight is 358 g/mol. The maximum Gasteiger partial charge on any atom is 0.149 e. The third kappa shape index (κ3) is 1.33. The molecule has 0 fully saturated rings. The van der Waals surface area contributed by atoms with Gasteiger partial charge in [0.15, 0.2) is 0 Å². The molecule has 0 saturated heterocycles. The topological polar surface area (TPSA) is 41.6 Å². The predicted octanol–water partition coefficient (Wildman–Crippen LogP) is 2.98. The molecule has 3 nitrogen and oxygen atoms in total. The quantitative estimate of drug-likeness (QED) is 0.581. The molecule has 1 N–H and O–H groups in total. The van der Waals surface area contributed by atoms with Crippen molar-refractivity contribution in [1.29, 1.82) is 0 Å². The second-order valence-corrected chi connectivity index (χ2v) is 4.43. The first-order valence-electron chi connectivity index (χ1n) is 3.04. The lowest BCUT2D eigenvalue weighted by Gasteiger charge is -1.93. The zero-order valence-electron chi connectivity index (χ0n) is 5.61. The van der Waals surface area contributed by atoms with Gasteiger partial charge in [-0.3, -0.25) is 5.10 Å². The molecule has 12 heavy (non-hydrogen) atoms. The van der Waals surface area contributed by atoms with Crippen molar-refractivity contribution in [2.75, 3.05) is 0 Å². The van der Waals surface area contributed by atoms with Crippen LogP contribution in [-0.2, 0) is 0 Å². The van der Waals surface area contributed by atoms with E-state index in [0.29, 0.717) is 5.15 Å². The fourth-order valence-corrected chi connectivity index (χ4v) is 2.23. The molecule has 0 amide bonds. The Morgan fingerprint density at radius 2 is 2.33 bits per heavy atom. The van der Waals surface area contributed by atoms with E-state index < -0.39 is 0 Å². The monoisotopic (exact) mass is 357 g/mol. The summed E-state index contributed by atoms with van der Waals surface area (Å²) in [6, 6.07) is 1.73. The Balaban J connectivity index is 2.92. The molecule has 2 heterocycles. The highest BCUT2D eigenvalue weighted by Crippen LogP contribution is 2.26. The summed E-state index contributed by atoms with van der Waals surface area (Å²) in [5.74, 6) is 0. The summed E-state index contributed by atoms with van der Waals surface area (Å²) in [4.78, 5) is 4.13. The van der Waals surface area contributed by atoms with Gasteiger partial charge < -0.3 is 0 Å². The highest BCUT2D eigenvalue weighted by atomic mass is 127. The molecule has 0 unspecified atom stereocenters. The minimum atomic E-state index is 0.466. The van der Waals surface area contributed by atoms with Crippen LogP contribution in [0, 0.1) is 3.70 Å². The second-order valence-electron chi connectivity index (χ2n) is 2.16. The van der Waals surface area contributed by atoms with Crippen LogP contribution in [0.3, 0.4) is 0 Å². The molecule has 0 spiro atoms. The van der Waals surface area contributed by atoms with Crippen molar-refractivity contribution >= 4 is 61.2 Å². The minimum absolute atomic E-state index is 0.466. The number of fused-ring (bicyclic) bond motifs is 1. The minimum Gasteiger partial charge on any atom is -0.274 e. The largest absolute Gasteiger partial charge is 0.274 e. The van der Waals surface area contributed by atoms with Crippen molar-refractivity contribution in [2.45, 2.75) is 0 Å². The number of hydrogen-bond acceptors (Lipinski definition) is 2. The van der Waals surface area contributed by atoms with Gasteiger partial charge in [-0.25, -0.2) is 4.98 Å². The standard InChI is InChI=1S/C6H2BrClIN3/c7-2-1-3(8)10-5-4(2)11-12-6(5)9/h1H,(H,11,12). The van der Waals surface area contributed by atoms with E-state index in [0.717, 1.165) is 19.2 Å². The molecule has 62 valence electrons. The van der Waals surface area contributed by atoms with Gasteiger partial charge in [-0.1, -0.05) is 11.6 Å².